The van der Waals surface area contributed by atoms with Crippen molar-refractivity contribution in [1.82, 2.24) is 10.6 Å². The van der Waals surface area contributed by atoms with Crippen LogP contribution in [-0.2, 0) is 20.4 Å². The quantitative estimate of drug-likeness (QED) is 0.750. The second kappa shape index (κ2) is 8.10. The summed E-state index contributed by atoms with van der Waals surface area (Å²) in [6.45, 7) is 7.59. The smallest absolute Gasteiger partial charge is 0.315 e. The molecule has 0 bridgehead atoms. The number of hydrogen-bond donors (Lipinski definition) is 2. The molecule has 0 saturated heterocycles. The molecule has 1 aromatic rings. The van der Waals surface area contributed by atoms with Gasteiger partial charge >= 0.3 is 5.97 Å². The number of amides is 1. The first-order valence-corrected chi connectivity index (χ1v) is 10.9. The molecule has 0 fully saturated rings. The van der Waals surface area contributed by atoms with Crippen molar-refractivity contribution in [1.29, 1.82) is 0 Å². The Balaban J connectivity index is 2.85. The van der Waals surface area contributed by atoms with E-state index in [1.54, 1.807) is 14.0 Å². The molecule has 0 aliphatic rings. The maximum atomic E-state index is 12.4. The average Bonchev–Trinajstić information content (AvgIpc) is 2.44. The summed E-state index contributed by atoms with van der Waals surface area (Å²) in [6, 6.07) is 8.57. The van der Waals surface area contributed by atoms with Gasteiger partial charge in [0.1, 0.15) is 6.04 Å². The third-order valence-corrected chi connectivity index (χ3v) is 3.93. The SMILES string of the molecule is CN[C@@H](C)C(=O)N[C@@H](Cc1ccccc1)C(=O)O[Si](C)(C)C. The lowest BCUT2D eigenvalue weighted by Crippen LogP contribution is -2.51. The minimum Gasteiger partial charge on any atom is -0.518 e. The highest BCUT2D eigenvalue weighted by Gasteiger charge is 2.29. The van der Waals surface area contributed by atoms with Crippen molar-refractivity contribution in [2.75, 3.05) is 7.05 Å². The second-order valence-corrected chi connectivity index (χ2v) is 10.7. The molecule has 122 valence electrons. The Morgan fingerprint density at radius 3 is 2.27 bits per heavy atom. The van der Waals surface area contributed by atoms with Crippen LogP contribution in [0.5, 0.6) is 0 Å². The van der Waals surface area contributed by atoms with E-state index in [2.05, 4.69) is 10.6 Å². The molecule has 0 unspecified atom stereocenters. The predicted octanol–water partition coefficient (Wildman–Crippen LogP) is 1.70. The second-order valence-electron chi connectivity index (χ2n) is 6.29. The van der Waals surface area contributed by atoms with E-state index < -0.39 is 14.4 Å². The lowest BCUT2D eigenvalue weighted by Gasteiger charge is -2.24. The average molecular weight is 322 g/mol. The molecule has 0 aliphatic carbocycles. The molecule has 0 radical (unpaired) electrons. The summed E-state index contributed by atoms with van der Waals surface area (Å²) in [5.74, 6) is -0.573. The molecule has 22 heavy (non-hydrogen) atoms. The van der Waals surface area contributed by atoms with Gasteiger partial charge in [0.2, 0.25) is 14.2 Å². The fourth-order valence-electron chi connectivity index (χ4n) is 1.84. The molecule has 0 aliphatic heterocycles. The number of nitrogens with one attached hydrogen (secondary N) is 2. The van der Waals surface area contributed by atoms with Crippen molar-refractivity contribution in [3.63, 3.8) is 0 Å². The van der Waals surface area contributed by atoms with Crippen LogP contribution in [0.15, 0.2) is 30.3 Å². The largest absolute Gasteiger partial charge is 0.518 e. The van der Waals surface area contributed by atoms with Crippen molar-refractivity contribution in [2.45, 2.75) is 45.1 Å². The molecule has 6 heteroatoms. The van der Waals surface area contributed by atoms with Crippen LogP contribution in [0.25, 0.3) is 0 Å². The van der Waals surface area contributed by atoms with Gasteiger partial charge in [-0.05, 0) is 39.2 Å². The summed E-state index contributed by atoms with van der Waals surface area (Å²) < 4.78 is 5.55. The molecule has 2 N–H and O–H groups in total. The first kappa shape index (κ1) is 18.4. The van der Waals surface area contributed by atoms with Gasteiger partial charge in [0.25, 0.3) is 0 Å². The highest BCUT2D eigenvalue weighted by molar-refractivity contribution is 6.71. The normalized spacial score (nSPS) is 14.0. The molecule has 2 atom stereocenters. The molecule has 0 aromatic heterocycles. The monoisotopic (exact) mass is 322 g/mol. The van der Waals surface area contributed by atoms with Crippen molar-refractivity contribution in [3.8, 4) is 0 Å². The molecular weight excluding hydrogens is 296 g/mol. The number of rotatable bonds is 7. The van der Waals surface area contributed by atoms with E-state index in [-0.39, 0.29) is 17.9 Å². The molecule has 0 spiro atoms. The summed E-state index contributed by atoms with van der Waals surface area (Å²) in [4.78, 5) is 24.5. The van der Waals surface area contributed by atoms with Crippen molar-refractivity contribution >= 4 is 20.2 Å². The van der Waals surface area contributed by atoms with E-state index in [9.17, 15) is 9.59 Å². The molecule has 1 rings (SSSR count). The van der Waals surface area contributed by atoms with Crippen molar-refractivity contribution in [2.24, 2.45) is 0 Å². The van der Waals surface area contributed by atoms with Gasteiger partial charge in [-0.25, -0.2) is 0 Å². The van der Waals surface area contributed by atoms with Crippen LogP contribution in [0.3, 0.4) is 0 Å². The maximum Gasteiger partial charge on any atom is 0.315 e. The Hall–Kier alpha value is -1.66. The fraction of sp³-hybridized carbons (Fsp3) is 0.500. The number of hydrogen-bond acceptors (Lipinski definition) is 4. The summed E-state index contributed by atoms with van der Waals surface area (Å²) in [5, 5.41) is 5.65. The molecule has 5 nitrogen and oxygen atoms in total. The highest BCUT2D eigenvalue weighted by Crippen LogP contribution is 2.09. The van der Waals surface area contributed by atoms with E-state index in [4.69, 9.17) is 4.43 Å². The summed E-state index contributed by atoms with van der Waals surface area (Å²) in [5.41, 5.74) is 0.984. The zero-order valence-corrected chi connectivity index (χ0v) is 15.0. The van der Waals surface area contributed by atoms with Gasteiger partial charge in [0.15, 0.2) is 0 Å². The zero-order chi connectivity index (χ0) is 16.8. The third kappa shape index (κ3) is 6.40. The topological polar surface area (TPSA) is 67.4 Å². The van der Waals surface area contributed by atoms with Crippen molar-refractivity contribution < 1.29 is 14.0 Å². The number of carbonyl (C=O) groups excluding carboxylic acids is 2. The van der Waals surface area contributed by atoms with Gasteiger partial charge in [-0.1, -0.05) is 30.3 Å². The van der Waals surface area contributed by atoms with E-state index in [0.29, 0.717) is 6.42 Å². The Labute approximate surface area is 133 Å². The van der Waals surface area contributed by atoms with Crippen LogP contribution in [0, 0.1) is 0 Å². The van der Waals surface area contributed by atoms with Crippen LogP contribution in [0.4, 0.5) is 0 Å². The lowest BCUT2D eigenvalue weighted by molar-refractivity contribution is -0.140. The maximum absolute atomic E-state index is 12.4. The molecular formula is C16H26N2O3Si. The molecule has 1 amide bonds. The highest BCUT2D eigenvalue weighted by atomic mass is 28.4. The predicted molar refractivity (Wildman–Crippen MR) is 90.0 cm³/mol. The zero-order valence-electron chi connectivity index (χ0n) is 14.0. The van der Waals surface area contributed by atoms with Crippen LogP contribution >= 0.6 is 0 Å². The lowest BCUT2D eigenvalue weighted by atomic mass is 10.1. The number of carbonyl (C=O) groups is 2. The van der Waals surface area contributed by atoms with Gasteiger partial charge < -0.3 is 15.1 Å². The number of benzene rings is 1. The van der Waals surface area contributed by atoms with E-state index >= 15 is 0 Å². The van der Waals surface area contributed by atoms with Crippen LogP contribution in [-0.4, -0.2) is 39.3 Å². The minimum absolute atomic E-state index is 0.212. The van der Waals surface area contributed by atoms with E-state index in [0.717, 1.165) is 5.56 Å². The summed E-state index contributed by atoms with van der Waals surface area (Å²) >= 11 is 0. The summed E-state index contributed by atoms with van der Waals surface area (Å²) in [7, 11) is -0.298. The summed E-state index contributed by atoms with van der Waals surface area (Å²) in [6.07, 6.45) is 0.423. The fourth-order valence-corrected chi connectivity index (χ4v) is 2.59. The Morgan fingerprint density at radius 2 is 1.77 bits per heavy atom. The van der Waals surface area contributed by atoms with Gasteiger partial charge in [-0.15, -0.1) is 0 Å². The number of likely N-dealkylation sites (N-methyl/N-ethyl adjacent to an activating group) is 1. The van der Waals surface area contributed by atoms with Crippen LogP contribution in [0.1, 0.15) is 12.5 Å². The van der Waals surface area contributed by atoms with Gasteiger partial charge in [0.05, 0.1) is 6.04 Å². The van der Waals surface area contributed by atoms with Crippen LogP contribution in [0.2, 0.25) is 19.6 Å². The Morgan fingerprint density at radius 1 is 1.18 bits per heavy atom. The molecule has 1 aromatic carbocycles. The first-order valence-electron chi connectivity index (χ1n) is 7.47. The standard InChI is InChI=1S/C16H26N2O3Si/c1-12(17-2)15(19)18-14(16(20)21-22(3,4)5)11-13-9-7-6-8-10-13/h6-10,12,14,17H,11H2,1-5H3,(H,18,19)/t12-,14-/m0/s1. The van der Waals surface area contributed by atoms with Crippen molar-refractivity contribution in [3.05, 3.63) is 35.9 Å². The Bertz CT molecular complexity index is 500. The minimum atomic E-state index is -2.00. The first-order chi connectivity index (χ1) is 10.2. The van der Waals surface area contributed by atoms with E-state index in [1.807, 2.05) is 50.0 Å². The van der Waals surface area contributed by atoms with Gasteiger partial charge in [0, 0.05) is 6.42 Å². The van der Waals surface area contributed by atoms with Gasteiger partial charge in [-0.3, -0.25) is 9.59 Å². The van der Waals surface area contributed by atoms with Gasteiger partial charge in [-0.2, -0.15) is 0 Å². The van der Waals surface area contributed by atoms with Crippen LogP contribution < -0.4 is 10.6 Å². The molecule has 0 heterocycles. The molecule has 0 saturated carbocycles. The Kier molecular flexibility index (Phi) is 6.77. The third-order valence-electron chi connectivity index (χ3n) is 3.12. The van der Waals surface area contributed by atoms with E-state index in [1.165, 1.54) is 0 Å².